The van der Waals surface area contributed by atoms with Gasteiger partial charge in [-0.05, 0) is 27.2 Å². The quantitative estimate of drug-likeness (QED) is 0.391. The van der Waals surface area contributed by atoms with Gasteiger partial charge in [-0.15, -0.1) is 0 Å². The molecule has 0 aromatic carbocycles. The predicted octanol–water partition coefficient (Wildman–Crippen LogP) is 4.48. The van der Waals surface area contributed by atoms with Crippen LogP contribution in [0.2, 0.25) is 0 Å². The van der Waals surface area contributed by atoms with Crippen molar-refractivity contribution in [2.24, 2.45) is 0 Å². The van der Waals surface area contributed by atoms with E-state index in [0.29, 0.717) is 6.61 Å². The minimum Gasteiger partial charge on any atom is -0.353 e. The van der Waals surface area contributed by atoms with E-state index in [1.807, 2.05) is 6.92 Å². The summed E-state index contributed by atoms with van der Waals surface area (Å²) in [5, 5.41) is 0. The van der Waals surface area contributed by atoms with E-state index in [-0.39, 0.29) is 12.9 Å². The molecule has 0 fully saturated rings. The van der Waals surface area contributed by atoms with Crippen molar-refractivity contribution in [2.45, 2.75) is 43.7 Å². The van der Waals surface area contributed by atoms with Crippen molar-refractivity contribution in [3.05, 3.63) is 11.6 Å². The molecule has 1 atom stereocenters. The highest BCUT2D eigenvalue weighted by atomic mass is 35.6. The minimum absolute atomic E-state index is 0.0388. The van der Waals surface area contributed by atoms with Crippen LogP contribution < -0.4 is 0 Å². The van der Waals surface area contributed by atoms with Crippen LogP contribution in [0.3, 0.4) is 0 Å². The fraction of sp³-hybridized carbons (Fsp3) is 0.818. The van der Waals surface area contributed by atoms with Crippen LogP contribution in [0.5, 0.6) is 0 Å². The molecule has 96 valence electrons. The molecule has 0 aliphatic heterocycles. The fourth-order valence-electron chi connectivity index (χ4n) is 1.10. The molecule has 1 unspecified atom stereocenters. The Morgan fingerprint density at radius 2 is 1.88 bits per heavy atom. The number of allylic oxidation sites excluding steroid dienone is 2. The van der Waals surface area contributed by atoms with Crippen LogP contribution in [0.15, 0.2) is 11.6 Å². The minimum atomic E-state index is -1.38. The van der Waals surface area contributed by atoms with Gasteiger partial charge in [0.15, 0.2) is 6.29 Å². The molecule has 0 heterocycles. The zero-order chi connectivity index (χ0) is 12.6. The van der Waals surface area contributed by atoms with E-state index in [0.717, 1.165) is 12.8 Å². The zero-order valence-electron chi connectivity index (χ0n) is 9.93. The van der Waals surface area contributed by atoms with Crippen molar-refractivity contribution in [2.75, 3.05) is 13.2 Å². The van der Waals surface area contributed by atoms with Crippen molar-refractivity contribution in [3.63, 3.8) is 0 Å². The Balaban J connectivity index is 3.92. The van der Waals surface area contributed by atoms with Crippen LogP contribution in [0.1, 0.15) is 33.6 Å². The molecular weight excluding hydrogens is 270 g/mol. The molecule has 0 N–H and O–H groups in total. The molecule has 0 saturated heterocycles. The SMILES string of the molecule is CCOC(CCC=C(C)C)OCC(Cl)(Cl)Cl. The second-order valence-corrected chi connectivity index (χ2v) is 6.19. The summed E-state index contributed by atoms with van der Waals surface area (Å²) in [4.78, 5) is 0. The van der Waals surface area contributed by atoms with Gasteiger partial charge in [0.25, 0.3) is 0 Å². The molecule has 0 radical (unpaired) electrons. The zero-order valence-corrected chi connectivity index (χ0v) is 12.2. The topological polar surface area (TPSA) is 18.5 Å². The fourth-order valence-corrected chi connectivity index (χ4v) is 1.29. The average molecular weight is 290 g/mol. The second-order valence-electron chi connectivity index (χ2n) is 3.67. The highest BCUT2D eigenvalue weighted by molar-refractivity contribution is 6.67. The number of hydrogen-bond donors (Lipinski definition) is 0. The standard InChI is InChI=1S/C11H19Cl3O2/c1-4-15-10(7-5-6-9(2)3)16-8-11(12,13)14/h6,10H,4-5,7-8H2,1-3H3. The second kappa shape index (κ2) is 8.60. The monoisotopic (exact) mass is 288 g/mol. The summed E-state index contributed by atoms with van der Waals surface area (Å²) in [5.41, 5.74) is 1.27. The lowest BCUT2D eigenvalue weighted by Crippen LogP contribution is -2.23. The van der Waals surface area contributed by atoms with Gasteiger partial charge in [0.2, 0.25) is 3.79 Å². The molecule has 0 saturated carbocycles. The van der Waals surface area contributed by atoms with Gasteiger partial charge in [-0.25, -0.2) is 0 Å². The molecule has 16 heavy (non-hydrogen) atoms. The lowest BCUT2D eigenvalue weighted by Gasteiger charge is -2.20. The average Bonchev–Trinajstić information content (AvgIpc) is 2.12. The van der Waals surface area contributed by atoms with Crippen LogP contribution in [0, 0.1) is 0 Å². The number of halogens is 3. The number of rotatable bonds is 7. The van der Waals surface area contributed by atoms with E-state index >= 15 is 0 Å². The van der Waals surface area contributed by atoms with Crippen molar-refractivity contribution in [3.8, 4) is 0 Å². The maximum atomic E-state index is 5.60. The molecule has 0 aliphatic rings. The van der Waals surface area contributed by atoms with Crippen LogP contribution in [0.25, 0.3) is 0 Å². The third kappa shape index (κ3) is 11.0. The summed E-state index contributed by atoms with van der Waals surface area (Å²) in [7, 11) is 0. The molecule has 0 spiro atoms. The van der Waals surface area contributed by atoms with E-state index < -0.39 is 3.79 Å². The van der Waals surface area contributed by atoms with Crippen LogP contribution in [0.4, 0.5) is 0 Å². The molecule has 5 heteroatoms. The largest absolute Gasteiger partial charge is 0.353 e. The van der Waals surface area contributed by atoms with Gasteiger partial charge >= 0.3 is 0 Å². The summed E-state index contributed by atoms with van der Waals surface area (Å²) in [6.07, 6.45) is 3.48. The molecule has 0 aromatic heterocycles. The van der Waals surface area contributed by atoms with Gasteiger partial charge in [-0.1, -0.05) is 46.5 Å². The Kier molecular flexibility index (Phi) is 8.88. The molecule has 0 rings (SSSR count). The first-order valence-electron chi connectivity index (χ1n) is 5.28. The lowest BCUT2D eigenvalue weighted by atomic mass is 10.2. The van der Waals surface area contributed by atoms with Crippen LogP contribution in [-0.2, 0) is 9.47 Å². The number of hydrogen-bond acceptors (Lipinski definition) is 2. The lowest BCUT2D eigenvalue weighted by molar-refractivity contribution is -0.141. The number of ether oxygens (including phenoxy) is 2. The normalized spacial score (nSPS) is 13.6. The maximum absolute atomic E-state index is 5.60. The molecular formula is C11H19Cl3O2. The van der Waals surface area contributed by atoms with Gasteiger partial charge in [0.05, 0.1) is 6.61 Å². The van der Waals surface area contributed by atoms with Gasteiger partial charge in [-0.2, -0.15) is 0 Å². The smallest absolute Gasteiger partial charge is 0.213 e. The first kappa shape index (κ1) is 16.5. The van der Waals surface area contributed by atoms with E-state index in [4.69, 9.17) is 44.3 Å². The van der Waals surface area contributed by atoms with Gasteiger partial charge in [-0.3, -0.25) is 0 Å². The first-order valence-corrected chi connectivity index (χ1v) is 6.42. The van der Waals surface area contributed by atoms with Gasteiger partial charge in [0, 0.05) is 13.0 Å². The third-order valence-electron chi connectivity index (χ3n) is 1.74. The van der Waals surface area contributed by atoms with Crippen LogP contribution in [-0.4, -0.2) is 23.3 Å². The highest BCUT2D eigenvalue weighted by Gasteiger charge is 2.22. The summed E-state index contributed by atoms with van der Waals surface area (Å²) >= 11 is 16.8. The van der Waals surface area contributed by atoms with Crippen molar-refractivity contribution in [1.82, 2.24) is 0 Å². The van der Waals surface area contributed by atoms with E-state index in [9.17, 15) is 0 Å². The molecule has 0 bridgehead atoms. The van der Waals surface area contributed by atoms with E-state index in [2.05, 4.69) is 19.9 Å². The van der Waals surface area contributed by atoms with Crippen molar-refractivity contribution < 1.29 is 9.47 Å². The third-order valence-corrected chi connectivity index (χ3v) is 2.07. The Morgan fingerprint density at radius 3 is 2.31 bits per heavy atom. The summed E-state index contributed by atoms with van der Waals surface area (Å²) in [6.45, 7) is 6.64. The summed E-state index contributed by atoms with van der Waals surface area (Å²) in [5.74, 6) is 0. The highest BCUT2D eigenvalue weighted by Crippen LogP contribution is 2.27. The molecule has 0 aliphatic carbocycles. The maximum Gasteiger partial charge on any atom is 0.213 e. The van der Waals surface area contributed by atoms with Gasteiger partial charge < -0.3 is 9.47 Å². The summed E-state index contributed by atoms with van der Waals surface area (Å²) in [6, 6.07) is 0. The molecule has 2 nitrogen and oxygen atoms in total. The van der Waals surface area contributed by atoms with Crippen LogP contribution >= 0.6 is 34.8 Å². The van der Waals surface area contributed by atoms with E-state index in [1.165, 1.54) is 5.57 Å². The van der Waals surface area contributed by atoms with Crippen molar-refractivity contribution in [1.29, 1.82) is 0 Å². The summed E-state index contributed by atoms with van der Waals surface area (Å²) < 4.78 is 9.39. The first-order chi connectivity index (χ1) is 7.35. The Morgan fingerprint density at radius 1 is 1.25 bits per heavy atom. The van der Waals surface area contributed by atoms with Gasteiger partial charge in [0.1, 0.15) is 0 Å². The van der Waals surface area contributed by atoms with E-state index in [1.54, 1.807) is 0 Å². The molecule has 0 aromatic rings. The number of alkyl halides is 3. The Hall–Kier alpha value is 0.530. The Labute approximate surface area is 113 Å². The van der Waals surface area contributed by atoms with Crippen molar-refractivity contribution >= 4 is 34.8 Å². The molecule has 0 amide bonds. The predicted molar refractivity (Wildman–Crippen MR) is 70.3 cm³/mol. The Bertz CT molecular complexity index is 208.